The second kappa shape index (κ2) is 11.4. The first-order valence-corrected chi connectivity index (χ1v) is 10.0. The molecule has 142 valence electrons. The van der Waals surface area contributed by atoms with Crippen LogP contribution in [0, 0.1) is 0 Å². The third-order valence-corrected chi connectivity index (χ3v) is 5.47. The van der Waals surface area contributed by atoms with Crippen LogP contribution in [0.1, 0.15) is 78.1 Å². The highest BCUT2D eigenvalue weighted by atomic mass is 32.2. The van der Waals surface area contributed by atoms with Crippen LogP contribution in [0.3, 0.4) is 0 Å². The number of carboxylic acid groups (broad SMARTS) is 1. The highest BCUT2D eigenvalue weighted by Crippen LogP contribution is 2.30. The molecule has 7 nitrogen and oxygen atoms in total. The number of rotatable bonds is 14. The zero-order chi connectivity index (χ0) is 18.6. The molecule has 0 aromatic heterocycles. The van der Waals surface area contributed by atoms with E-state index >= 15 is 0 Å². The van der Waals surface area contributed by atoms with Crippen LogP contribution in [-0.2, 0) is 24.4 Å². The summed E-state index contributed by atoms with van der Waals surface area (Å²) in [6.45, 7) is 4.01. The van der Waals surface area contributed by atoms with Crippen molar-refractivity contribution in [1.82, 2.24) is 0 Å². The Kier molecular flexibility index (Phi) is 10.9. The van der Waals surface area contributed by atoms with E-state index in [4.69, 9.17) is 9.84 Å². The molecule has 0 heterocycles. The fourth-order valence-electron chi connectivity index (χ4n) is 2.49. The van der Waals surface area contributed by atoms with Crippen molar-refractivity contribution in [3.63, 3.8) is 0 Å². The van der Waals surface area contributed by atoms with Gasteiger partial charge in [0, 0.05) is 0 Å². The van der Waals surface area contributed by atoms with Crippen LogP contribution in [0.4, 0.5) is 0 Å². The fraction of sp³-hybridized carbons (Fsp3) is 0.875. The molecule has 0 fully saturated rings. The number of carboxylic acids is 1. The lowest BCUT2D eigenvalue weighted by Crippen LogP contribution is -2.49. The van der Waals surface area contributed by atoms with E-state index in [0.717, 1.165) is 32.1 Å². The first-order valence-electron chi connectivity index (χ1n) is 8.57. The molecule has 24 heavy (non-hydrogen) atoms. The molecule has 0 aromatic rings. The molecule has 0 aromatic carbocycles. The second-order valence-electron chi connectivity index (χ2n) is 6.05. The average molecular weight is 366 g/mol. The number of hydrogen-bond acceptors (Lipinski definition) is 5. The molecule has 0 spiro atoms. The van der Waals surface area contributed by atoms with Crippen molar-refractivity contribution < 1.29 is 32.4 Å². The van der Waals surface area contributed by atoms with Crippen LogP contribution < -0.4 is 0 Å². The van der Waals surface area contributed by atoms with E-state index in [1.807, 2.05) is 13.8 Å². The maximum Gasteiger partial charge on any atom is 0.330 e. The van der Waals surface area contributed by atoms with E-state index < -0.39 is 33.2 Å². The highest BCUT2D eigenvalue weighted by molar-refractivity contribution is 7.88. The first kappa shape index (κ1) is 22.9. The van der Waals surface area contributed by atoms with Gasteiger partial charge in [0.2, 0.25) is 4.75 Å². The van der Waals surface area contributed by atoms with Gasteiger partial charge in [-0.15, -0.1) is 0 Å². The Morgan fingerprint density at radius 2 is 1.50 bits per heavy atom. The molecule has 0 saturated carbocycles. The zero-order valence-corrected chi connectivity index (χ0v) is 15.4. The van der Waals surface area contributed by atoms with Crippen LogP contribution in [-0.4, -0.2) is 41.4 Å². The molecule has 1 atom stereocenters. The molecule has 1 unspecified atom stereocenters. The summed E-state index contributed by atoms with van der Waals surface area (Å²) in [6, 6.07) is 0. The molecule has 2 N–H and O–H groups in total. The SMILES string of the molecule is CCCCCCOC(=O)C(CCCCCC)(CC(=O)O)S(=O)(=O)O. The number of carbonyl (C=O) groups excluding carboxylic acids is 1. The number of aliphatic carboxylic acids is 1. The van der Waals surface area contributed by atoms with Crippen LogP contribution in [0.25, 0.3) is 0 Å². The van der Waals surface area contributed by atoms with Crippen molar-refractivity contribution in [3.05, 3.63) is 0 Å². The minimum absolute atomic E-state index is 0.0185. The molecule has 0 aliphatic heterocycles. The van der Waals surface area contributed by atoms with Crippen LogP contribution in [0.15, 0.2) is 0 Å². The number of carbonyl (C=O) groups is 2. The van der Waals surface area contributed by atoms with Gasteiger partial charge < -0.3 is 9.84 Å². The number of unbranched alkanes of at least 4 members (excludes halogenated alkanes) is 6. The third kappa shape index (κ3) is 7.61. The minimum Gasteiger partial charge on any atom is -0.481 e. The predicted octanol–water partition coefficient (Wildman–Crippen LogP) is 3.18. The van der Waals surface area contributed by atoms with Gasteiger partial charge in [-0.1, -0.05) is 58.8 Å². The Balaban J connectivity index is 5.10. The Morgan fingerprint density at radius 3 is 1.96 bits per heavy atom. The van der Waals surface area contributed by atoms with Crippen molar-refractivity contribution in [2.75, 3.05) is 6.61 Å². The molecular formula is C16H30O7S. The maximum atomic E-state index is 12.3. The molecule has 0 aliphatic carbocycles. The summed E-state index contributed by atoms with van der Waals surface area (Å²) in [4.78, 5) is 23.4. The van der Waals surface area contributed by atoms with Crippen LogP contribution in [0.2, 0.25) is 0 Å². The van der Waals surface area contributed by atoms with Crippen molar-refractivity contribution in [3.8, 4) is 0 Å². The van der Waals surface area contributed by atoms with Gasteiger partial charge in [-0.3, -0.25) is 14.1 Å². The smallest absolute Gasteiger partial charge is 0.330 e. The summed E-state index contributed by atoms with van der Waals surface area (Å²) in [6.07, 6.45) is 4.83. The van der Waals surface area contributed by atoms with E-state index in [2.05, 4.69) is 0 Å². The number of esters is 1. The van der Waals surface area contributed by atoms with Gasteiger partial charge in [0.05, 0.1) is 13.0 Å². The quantitative estimate of drug-likeness (QED) is 0.275. The highest BCUT2D eigenvalue weighted by Gasteiger charge is 2.52. The third-order valence-electron chi connectivity index (χ3n) is 3.97. The largest absolute Gasteiger partial charge is 0.481 e. The van der Waals surface area contributed by atoms with Crippen molar-refractivity contribution in [1.29, 1.82) is 0 Å². The predicted molar refractivity (Wildman–Crippen MR) is 90.4 cm³/mol. The molecule has 0 aliphatic rings. The normalized spacial score (nSPS) is 14.1. The molecular weight excluding hydrogens is 336 g/mol. The lowest BCUT2D eigenvalue weighted by molar-refractivity contribution is -0.152. The summed E-state index contributed by atoms with van der Waals surface area (Å²) >= 11 is 0. The summed E-state index contributed by atoms with van der Waals surface area (Å²) in [5.41, 5.74) is 0. The summed E-state index contributed by atoms with van der Waals surface area (Å²) in [5, 5.41) is 9.02. The molecule has 0 bridgehead atoms. The molecule has 0 saturated heterocycles. The van der Waals surface area contributed by atoms with Gasteiger partial charge in [-0.25, -0.2) is 0 Å². The van der Waals surface area contributed by atoms with Gasteiger partial charge in [0.1, 0.15) is 0 Å². The van der Waals surface area contributed by atoms with Gasteiger partial charge >= 0.3 is 11.9 Å². The summed E-state index contributed by atoms with van der Waals surface area (Å²) in [5.74, 6) is -2.63. The average Bonchev–Trinajstić information content (AvgIpc) is 2.48. The van der Waals surface area contributed by atoms with E-state index in [1.165, 1.54) is 0 Å². The van der Waals surface area contributed by atoms with E-state index in [9.17, 15) is 22.6 Å². The molecule has 0 amide bonds. The lowest BCUT2D eigenvalue weighted by atomic mass is 9.96. The van der Waals surface area contributed by atoms with Gasteiger partial charge in [0.15, 0.2) is 0 Å². The number of ether oxygens (including phenoxy) is 1. The Morgan fingerprint density at radius 1 is 0.958 bits per heavy atom. The van der Waals surface area contributed by atoms with Gasteiger partial charge in [-0.05, 0) is 12.8 Å². The first-order chi connectivity index (χ1) is 11.2. The van der Waals surface area contributed by atoms with Crippen LogP contribution >= 0.6 is 0 Å². The van der Waals surface area contributed by atoms with Crippen molar-refractivity contribution in [2.45, 2.75) is 82.8 Å². The second-order valence-corrected chi connectivity index (χ2v) is 7.78. The number of hydrogen-bond donors (Lipinski definition) is 2. The lowest BCUT2D eigenvalue weighted by Gasteiger charge is -2.27. The monoisotopic (exact) mass is 366 g/mol. The Bertz CT molecular complexity index is 487. The van der Waals surface area contributed by atoms with E-state index in [-0.39, 0.29) is 13.0 Å². The van der Waals surface area contributed by atoms with Crippen LogP contribution in [0.5, 0.6) is 0 Å². The minimum atomic E-state index is -4.91. The van der Waals surface area contributed by atoms with Crippen molar-refractivity contribution >= 4 is 22.1 Å². The Hall–Kier alpha value is -1.15. The van der Waals surface area contributed by atoms with E-state index in [1.54, 1.807) is 0 Å². The zero-order valence-electron chi connectivity index (χ0n) is 14.6. The molecule has 0 radical (unpaired) electrons. The maximum absolute atomic E-state index is 12.3. The van der Waals surface area contributed by atoms with Gasteiger partial charge in [0.25, 0.3) is 10.1 Å². The topological polar surface area (TPSA) is 118 Å². The Labute approximate surface area is 144 Å². The van der Waals surface area contributed by atoms with E-state index in [0.29, 0.717) is 19.3 Å². The summed E-state index contributed by atoms with van der Waals surface area (Å²) < 4.78 is 35.8. The molecule has 8 heteroatoms. The van der Waals surface area contributed by atoms with Gasteiger partial charge in [-0.2, -0.15) is 8.42 Å². The van der Waals surface area contributed by atoms with Crippen molar-refractivity contribution in [2.24, 2.45) is 0 Å². The summed E-state index contributed by atoms with van der Waals surface area (Å²) in [7, 11) is -4.91. The fourth-order valence-corrected chi connectivity index (χ4v) is 3.47. The molecule has 0 rings (SSSR count). The standard InChI is InChI=1S/C16H30O7S/c1-3-5-7-9-11-16(13-14(17)18,24(20,21)22)15(19)23-12-10-8-6-4-2/h3-13H2,1-2H3,(H,17,18)(H,20,21,22).